The molecule has 1 heterocycles. The molecule has 1 amide bonds. The maximum atomic E-state index is 13.6. The molecule has 6 nitrogen and oxygen atoms in total. The van der Waals surface area contributed by atoms with E-state index in [9.17, 15) is 9.18 Å². The summed E-state index contributed by atoms with van der Waals surface area (Å²) in [4.78, 5) is 12.1. The van der Waals surface area contributed by atoms with Gasteiger partial charge in [-0.15, -0.1) is 12.4 Å². The van der Waals surface area contributed by atoms with Crippen LogP contribution in [0.5, 0.6) is 5.75 Å². The SMILES string of the molecule is COCC(C(N)=O)[C@H](CCOc1ccc(Cl)c(F)c1)B1OC(C)(C)C(C)(C)O1.Cl. The van der Waals surface area contributed by atoms with Crippen molar-refractivity contribution in [1.82, 2.24) is 0 Å². The van der Waals surface area contributed by atoms with Gasteiger partial charge in [-0.25, -0.2) is 4.39 Å². The molecular weight excluding hydrogens is 423 g/mol. The first-order chi connectivity index (χ1) is 13.0. The van der Waals surface area contributed by atoms with Crippen LogP contribution in [0.15, 0.2) is 18.2 Å². The first-order valence-electron chi connectivity index (χ1n) is 9.20. The van der Waals surface area contributed by atoms with Crippen molar-refractivity contribution >= 4 is 37.0 Å². The van der Waals surface area contributed by atoms with Crippen LogP contribution >= 0.6 is 24.0 Å². The number of ether oxygens (including phenoxy) is 2. The highest BCUT2D eigenvalue weighted by Gasteiger charge is 2.55. The number of carbonyl (C=O) groups is 1. The maximum absolute atomic E-state index is 13.6. The van der Waals surface area contributed by atoms with Gasteiger partial charge in [0.1, 0.15) is 11.6 Å². The third-order valence-electron chi connectivity index (χ3n) is 5.46. The Balaban J connectivity index is 0.00000420. The Morgan fingerprint density at radius 2 is 1.86 bits per heavy atom. The Bertz CT molecular complexity index is 691. The summed E-state index contributed by atoms with van der Waals surface area (Å²) >= 11 is 5.69. The highest BCUT2D eigenvalue weighted by atomic mass is 35.5. The molecule has 1 unspecified atom stereocenters. The lowest BCUT2D eigenvalue weighted by Crippen LogP contribution is -2.41. The van der Waals surface area contributed by atoms with E-state index in [1.807, 2.05) is 27.7 Å². The number of benzene rings is 1. The highest BCUT2D eigenvalue weighted by Crippen LogP contribution is 2.43. The fraction of sp³-hybridized carbons (Fsp3) is 0.632. The number of primary amides is 1. The molecule has 1 aromatic rings. The monoisotopic (exact) mass is 451 g/mol. The van der Waals surface area contributed by atoms with Gasteiger partial charge >= 0.3 is 7.12 Å². The zero-order valence-corrected chi connectivity index (χ0v) is 18.9. The van der Waals surface area contributed by atoms with Crippen LogP contribution < -0.4 is 10.5 Å². The van der Waals surface area contributed by atoms with Crippen molar-refractivity contribution in [2.45, 2.75) is 51.1 Å². The Morgan fingerprint density at radius 3 is 2.34 bits per heavy atom. The zero-order valence-electron chi connectivity index (χ0n) is 17.4. The molecular formula is C19H29BCl2FNO5. The molecule has 1 fully saturated rings. The van der Waals surface area contributed by atoms with Crippen molar-refractivity contribution in [2.24, 2.45) is 11.7 Å². The third-order valence-corrected chi connectivity index (χ3v) is 5.77. The van der Waals surface area contributed by atoms with Gasteiger partial charge in [0.05, 0.1) is 35.4 Å². The zero-order chi connectivity index (χ0) is 21.1. The van der Waals surface area contributed by atoms with E-state index in [2.05, 4.69) is 0 Å². The second-order valence-electron chi connectivity index (χ2n) is 7.97. The van der Waals surface area contributed by atoms with E-state index in [0.717, 1.165) is 0 Å². The molecule has 10 heteroatoms. The summed E-state index contributed by atoms with van der Waals surface area (Å²) in [6.45, 7) is 8.10. The summed E-state index contributed by atoms with van der Waals surface area (Å²) in [5.74, 6) is -1.73. The minimum Gasteiger partial charge on any atom is -0.494 e. The number of carbonyl (C=O) groups excluding carboxylic acids is 1. The van der Waals surface area contributed by atoms with Crippen LogP contribution in [0.2, 0.25) is 10.8 Å². The lowest BCUT2D eigenvalue weighted by molar-refractivity contribution is -0.123. The normalized spacial score (nSPS) is 19.3. The number of nitrogens with two attached hydrogens (primary N) is 1. The molecule has 1 aliphatic rings. The topological polar surface area (TPSA) is 80.0 Å². The van der Waals surface area contributed by atoms with Crippen LogP contribution in [0, 0.1) is 11.7 Å². The number of halogens is 3. The van der Waals surface area contributed by atoms with Gasteiger partial charge in [0.2, 0.25) is 5.91 Å². The number of hydrogen-bond acceptors (Lipinski definition) is 5. The van der Waals surface area contributed by atoms with Crippen molar-refractivity contribution in [2.75, 3.05) is 20.3 Å². The van der Waals surface area contributed by atoms with E-state index in [0.29, 0.717) is 12.2 Å². The van der Waals surface area contributed by atoms with Crippen LogP contribution in [-0.4, -0.2) is 44.6 Å². The van der Waals surface area contributed by atoms with E-state index < -0.39 is 41.8 Å². The fourth-order valence-electron chi connectivity index (χ4n) is 3.07. The molecule has 1 aliphatic heterocycles. The lowest BCUT2D eigenvalue weighted by Gasteiger charge is -2.32. The minimum absolute atomic E-state index is 0. The quantitative estimate of drug-likeness (QED) is 0.576. The summed E-state index contributed by atoms with van der Waals surface area (Å²) in [5.41, 5.74) is 4.51. The van der Waals surface area contributed by atoms with Gasteiger partial charge in [-0.05, 0) is 46.2 Å². The number of rotatable bonds is 9. The fourth-order valence-corrected chi connectivity index (χ4v) is 3.18. The molecule has 0 spiro atoms. The van der Waals surface area contributed by atoms with Crippen molar-refractivity contribution in [3.63, 3.8) is 0 Å². The van der Waals surface area contributed by atoms with Gasteiger partial charge in [0.25, 0.3) is 0 Å². The average molecular weight is 452 g/mol. The van der Waals surface area contributed by atoms with E-state index in [-0.39, 0.29) is 30.6 Å². The van der Waals surface area contributed by atoms with Gasteiger partial charge in [0.15, 0.2) is 0 Å². The molecule has 0 aliphatic carbocycles. The number of hydrogen-bond donors (Lipinski definition) is 1. The van der Waals surface area contributed by atoms with Crippen molar-refractivity contribution in [3.8, 4) is 5.75 Å². The number of methoxy groups -OCH3 is 1. The third kappa shape index (κ3) is 6.21. The largest absolute Gasteiger partial charge is 0.494 e. The van der Waals surface area contributed by atoms with Gasteiger partial charge in [-0.1, -0.05) is 11.6 Å². The molecule has 164 valence electrons. The summed E-state index contributed by atoms with van der Waals surface area (Å²) < 4.78 is 36.7. The highest BCUT2D eigenvalue weighted by molar-refractivity contribution is 6.48. The van der Waals surface area contributed by atoms with Crippen molar-refractivity contribution in [3.05, 3.63) is 29.0 Å². The standard InChI is InChI=1S/C19H28BClFNO5.ClH/c1-18(2)19(3,4)28-20(27-18)14(13(11-25-5)17(23)24)8-9-26-12-6-7-15(21)16(22)10-12;/h6-7,10,13-14H,8-9,11H2,1-5H3,(H2,23,24);1H/t13?,14-;/m0./s1. The van der Waals surface area contributed by atoms with E-state index in [1.165, 1.54) is 19.2 Å². The molecule has 1 aromatic carbocycles. The first-order valence-corrected chi connectivity index (χ1v) is 9.58. The minimum atomic E-state index is -0.650. The Morgan fingerprint density at radius 1 is 1.28 bits per heavy atom. The molecule has 2 atom stereocenters. The summed E-state index contributed by atoms with van der Waals surface area (Å²) in [7, 11) is 0.854. The molecule has 0 radical (unpaired) electrons. The Labute approximate surface area is 183 Å². The predicted molar refractivity (Wildman–Crippen MR) is 113 cm³/mol. The average Bonchev–Trinajstić information content (AvgIpc) is 2.80. The van der Waals surface area contributed by atoms with Crippen LogP contribution in [0.25, 0.3) is 0 Å². The molecule has 1 saturated heterocycles. The summed E-state index contributed by atoms with van der Waals surface area (Å²) in [5, 5.41) is 0.0244. The molecule has 0 aromatic heterocycles. The van der Waals surface area contributed by atoms with Gasteiger partial charge in [0, 0.05) is 19.0 Å². The molecule has 29 heavy (non-hydrogen) atoms. The molecule has 0 saturated carbocycles. The summed E-state index contributed by atoms with van der Waals surface area (Å²) in [6, 6.07) is 4.22. The Hall–Kier alpha value is -1.06. The molecule has 2 N–H and O–H groups in total. The van der Waals surface area contributed by atoms with Crippen molar-refractivity contribution in [1.29, 1.82) is 0 Å². The van der Waals surface area contributed by atoms with E-state index in [1.54, 1.807) is 6.07 Å². The van der Waals surface area contributed by atoms with E-state index >= 15 is 0 Å². The van der Waals surface area contributed by atoms with Crippen LogP contribution in [0.4, 0.5) is 4.39 Å². The van der Waals surface area contributed by atoms with Crippen LogP contribution in [0.1, 0.15) is 34.1 Å². The van der Waals surface area contributed by atoms with Gasteiger partial charge in [-0.3, -0.25) is 4.79 Å². The molecule has 0 bridgehead atoms. The van der Waals surface area contributed by atoms with Gasteiger partial charge < -0.3 is 24.5 Å². The maximum Gasteiger partial charge on any atom is 0.462 e. The van der Waals surface area contributed by atoms with Gasteiger partial charge in [-0.2, -0.15) is 0 Å². The second-order valence-corrected chi connectivity index (χ2v) is 8.37. The van der Waals surface area contributed by atoms with Crippen molar-refractivity contribution < 1.29 is 28.0 Å². The lowest BCUT2D eigenvalue weighted by atomic mass is 9.63. The van der Waals surface area contributed by atoms with E-state index in [4.69, 9.17) is 36.1 Å². The first kappa shape index (κ1) is 26.0. The Kier molecular flexibility index (Phi) is 9.24. The predicted octanol–water partition coefficient (Wildman–Crippen LogP) is 3.88. The van der Waals surface area contributed by atoms with Crippen LogP contribution in [0.3, 0.4) is 0 Å². The molecule has 2 rings (SSSR count). The summed E-state index contributed by atoms with van der Waals surface area (Å²) in [6.07, 6.45) is 0.401. The smallest absolute Gasteiger partial charge is 0.462 e. The van der Waals surface area contributed by atoms with Crippen LogP contribution in [-0.2, 0) is 18.8 Å². The second kappa shape index (κ2) is 10.3. The number of amides is 1.